The standard InChI is InChI=1S/C13H13BrN4O3/c1-8-2-9(14)4-10(3-8)16-13(21)17-11-5-15-18(6-11)7-12(19)20/h2-6H,7H2,1H3,(H,19,20)(H2,16,17,21). The van der Waals surface area contributed by atoms with Crippen molar-refractivity contribution in [2.45, 2.75) is 13.5 Å². The molecule has 0 unspecified atom stereocenters. The zero-order valence-electron chi connectivity index (χ0n) is 11.1. The van der Waals surface area contributed by atoms with Crippen LogP contribution in [0.4, 0.5) is 16.2 Å². The second-order valence-electron chi connectivity index (χ2n) is 4.42. The molecule has 0 aliphatic carbocycles. The molecule has 0 spiro atoms. The van der Waals surface area contributed by atoms with Crippen LogP contribution in [0.1, 0.15) is 5.56 Å². The summed E-state index contributed by atoms with van der Waals surface area (Å²) in [5.74, 6) is -1.00. The van der Waals surface area contributed by atoms with Gasteiger partial charge in [0.1, 0.15) is 6.54 Å². The van der Waals surface area contributed by atoms with Crippen molar-refractivity contribution >= 4 is 39.3 Å². The molecule has 2 amide bonds. The Bertz CT molecular complexity index is 664. The monoisotopic (exact) mass is 352 g/mol. The number of benzene rings is 1. The van der Waals surface area contributed by atoms with Crippen LogP contribution in [-0.2, 0) is 11.3 Å². The fourth-order valence-electron chi connectivity index (χ4n) is 1.76. The SMILES string of the molecule is Cc1cc(Br)cc(NC(=O)Nc2cnn(CC(=O)O)c2)c1. The molecule has 21 heavy (non-hydrogen) atoms. The molecule has 1 aromatic carbocycles. The smallest absolute Gasteiger partial charge is 0.325 e. The van der Waals surface area contributed by atoms with Crippen LogP contribution in [0.15, 0.2) is 35.1 Å². The molecule has 0 aliphatic rings. The average Bonchev–Trinajstić information content (AvgIpc) is 2.73. The number of hydrogen-bond acceptors (Lipinski definition) is 3. The van der Waals surface area contributed by atoms with Crippen molar-refractivity contribution in [3.05, 3.63) is 40.6 Å². The lowest BCUT2D eigenvalue weighted by molar-refractivity contribution is -0.137. The Morgan fingerprint density at radius 3 is 2.67 bits per heavy atom. The Morgan fingerprint density at radius 2 is 2.00 bits per heavy atom. The number of aliphatic carboxylic acids is 1. The molecular formula is C13H13BrN4O3. The third kappa shape index (κ3) is 4.60. The molecule has 8 heteroatoms. The van der Waals surface area contributed by atoms with E-state index >= 15 is 0 Å². The van der Waals surface area contributed by atoms with Gasteiger partial charge in [0.25, 0.3) is 0 Å². The topological polar surface area (TPSA) is 96.3 Å². The highest BCUT2D eigenvalue weighted by atomic mass is 79.9. The molecule has 0 atom stereocenters. The van der Waals surface area contributed by atoms with Gasteiger partial charge < -0.3 is 15.7 Å². The van der Waals surface area contributed by atoms with E-state index in [-0.39, 0.29) is 6.54 Å². The van der Waals surface area contributed by atoms with E-state index in [4.69, 9.17) is 5.11 Å². The molecule has 2 aromatic rings. The number of aryl methyl sites for hydroxylation is 1. The number of urea groups is 1. The second kappa shape index (κ2) is 6.40. The van der Waals surface area contributed by atoms with E-state index in [1.807, 2.05) is 19.1 Å². The fourth-order valence-corrected chi connectivity index (χ4v) is 2.36. The molecule has 0 saturated heterocycles. The first-order valence-electron chi connectivity index (χ1n) is 6.02. The van der Waals surface area contributed by atoms with Crippen molar-refractivity contribution in [1.29, 1.82) is 0 Å². The first kappa shape index (κ1) is 15.0. The van der Waals surface area contributed by atoms with Crippen LogP contribution in [0.3, 0.4) is 0 Å². The number of hydrogen-bond donors (Lipinski definition) is 3. The van der Waals surface area contributed by atoms with Crippen molar-refractivity contribution < 1.29 is 14.7 Å². The van der Waals surface area contributed by atoms with E-state index in [2.05, 4.69) is 31.7 Å². The molecule has 7 nitrogen and oxygen atoms in total. The van der Waals surface area contributed by atoms with Gasteiger partial charge >= 0.3 is 12.0 Å². The third-order valence-electron chi connectivity index (χ3n) is 2.49. The van der Waals surface area contributed by atoms with Crippen LogP contribution in [0, 0.1) is 6.92 Å². The van der Waals surface area contributed by atoms with Crippen LogP contribution in [0.5, 0.6) is 0 Å². The van der Waals surface area contributed by atoms with Gasteiger partial charge in [0.05, 0.1) is 11.9 Å². The van der Waals surface area contributed by atoms with E-state index in [0.717, 1.165) is 10.0 Å². The van der Waals surface area contributed by atoms with Crippen molar-refractivity contribution in [2.24, 2.45) is 0 Å². The van der Waals surface area contributed by atoms with E-state index in [0.29, 0.717) is 11.4 Å². The van der Waals surface area contributed by atoms with Gasteiger partial charge in [-0.1, -0.05) is 15.9 Å². The predicted octanol–water partition coefficient (Wildman–Crippen LogP) is 2.68. The van der Waals surface area contributed by atoms with E-state index in [9.17, 15) is 9.59 Å². The van der Waals surface area contributed by atoms with Gasteiger partial charge in [-0.15, -0.1) is 0 Å². The molecule has 110 valence electrons. The molecule has 0 radical (unpaired) electrons. The molecule has 1 aromatic heterocycles. The number of carbonyl (C=O) groups excluding carboxylic acids is 1. The third-order valence-corrected chi connectivity index (χ3v) is 2.95. The fraction of sp³-hybridized carbons (Fsp3) is 0.154. The summed E-state index contributed by atoms with van der Waals surface area (Å²) in [6.07, 6.45) is 2.83. The number of halogens is 1. The molecule has 1 heterocycles. The Hall–Kier alpha value is -2.35. The van der Waals surface area contributed by atoms with Gasteiger partial charge in [-0.25, -0.2) is 4.79 Å². The minimum Gasteiger partial charge on any atom is -0.480 e. The van der Waals surface area contributed by atoms with E-state index in [1.165, 1.54) is 17.1 Å². The Labute approximate surface area is 129 Å². The summed E-state index contributed by atoms with van der Waals surface area (Å²) < 4.78 is 2.09. The maximum atomic E-state index is 11.8. The van der Waals surface area contributed by atoms with Crippen molar-refractivity contribution in [1.82, 2.24) is 9.78 Å². The number of nitrogens with zero attached hydrogens (tertiary/aromatic N) is 2. The molecule has 2 rings (SSSR count). The number of amides is 2. The van der Waals surface area contributed by atoms with Gasteiger partial charge in [-0.05, 0) is 30.7 Å². The van der Waals surface area contributed by atoms with Gasteiger partial charge in [-0.2, -0.15) is 5.10 Å². The van der Waals surface area contributed by atoms with Gasteiger partial charge in [-0.3, -0.25) is 9.48 Å². The summed E-state index contributed by atoms with van der Waals surface area (Å²) in [5, 5.41) is 17.7. The molecule has 0 saturated carbocycles. The first-order valence-corrected chi connectivity index (χ1v) is 6.81. The average molecular weight is 353 g/mol. The van der Waals surface area contributed by atoms with Crippen LogP contribution in [-0.4, -0.2) is 26.9 Å². The number of carboxylic acid groups (broad SMARTS) is 1. The van der Waals surface area contributed by atoms with Gasteiger partial charge in [0, 0.05) is 16.4 Å². The summed E-state index contributed by atoms with van der Waals surface area (Å²) in [5.41, 5.74) is 2.08. The van der Waals surface area contributed by atoms with Crippen LogP contribution >= 0.6 is 15.9 Å². The molecule has 3 N–H and O–H groups in total. The number of rotatable bonds is 4. The summed E-state index contributed by atoms with van der Waals surface area (Å²) in [6.45, 7) is 1.66. The van der Waals surface area contributed by atoms with Crippen molar-refractivity contribution in [2.75, 3.05) is 10.6 Å². The minimum absolute atomic E-state index is 0.256. The zero-order valence-corrected chi connectivity index (χ0v) is 12.7. The van der Waals surface area contributed by atoms with Gasteiger partial charge in [0.2, 0.25) is 0 Å². The summed E-state index contributed by atoms with van der Waals surface area (Å²) in [4.78, 5) is 22.4. The van der Waals surface area contributed by atoms with Crippen molar-refractivity contribution in [3.8, 4) is 0 Å². The van der Waals surface area contributed by atoms with Gasteiger partial charge in [0.15, 0.2) is 0 Å². The Balaban J connectivity index is 1.98. The minimum atomic E-state index is -1.00. The largest absolute Gasteiger partial charge is 0.480 e. The van der Waals surface area contributed by atoms with E-state index < -0.39 is 12.0 Å². The first-order chi connectivity index (χ1) is 9.92. The number of aromatic nitrogens is 2. The quantitative estimate of drug-likeness (QED) is 0.787. The lowest BCUT2D eigenvalue weighted by Gasteiger charge is -2.07. The Morgan fingerprint density at radius 1 is 1.29 bits per heavy atom. The highest BCUT2D eigenvalue weighted by Crippen LogP contribution is 2.19. The highest BCUT2D eigenvalue weighted by molar-refractivity contribution is 9.10. The summed E-state index contributed by atoms with van der Waals surface area (Å²) >= 11 is 3.36. The maximum absolute atomic E-state index is 11.8. The van der Waals surface area contributed by atoms with Crippen LogP contribution < -0.4 is 10.6 Å². The van der Waals surface area contributed by atoms with Crippen molar-refractivity contribution in [3.63, 3.8) is 0 Å². The highest BCUT2D eigenvalue weighted by Gasteiger charge is 2.07. The number of anilines is 2. The molecule has 0 aliphatic heterocycles. The summed E-state index contributed by atoms with van der Waals surface area (Å²) in [7, 11) is 0. The zero-order chi connectivity index (χ0) is 15.4. The lowest BCUT2D eigenvalue weighted by Crippen LogP contribution is -2.19. The van der Waals surface area contributed by atoms with Crippen LogP contribution in [0.2, 0.25) is 0 Å². The second-order valence-corrected chi connectivity index (χ2v) is 5.33. The lowest BCUT2D eigenvalue weighted by atomic mass is 10.2. The maximum Gasteiger partial charge on any atom is 0.325 e. The van der Waals surface area contributed by atoms with E-state index in [1.54, 1.807) is 6.07 Å². The molecular weight excluding hydrogens is 340 g/mol. The Kier molecular flexibility index (Phi) is 4.59. The predicted molar refractivity (Wildman–Crippen MR) is 81.4 cm³/mol. The number of carbonyl (C=O) groups is 2. The number of carboxylic acids is 1. The summed E-state index contributed by atoms with van der Waals surface area (Å²) in [6, 6.07) is 5.11. The molecule has 0 fully saturated rings. The normalized spacial score (nSPS) is 10.2. The van der Waals surface area contributed by atoms with Crippen LogP contribution in [0.25, 0.3) is 0 Å². The number of nitrogens with one attached hydrogen (secondary N) is 2. The molecule has 0 bridgehead atoms.